The van der Waals surface area contributed by atoms with Gasteiger partial charge in [0.25, 0.3) is 5.91 Å². The molecule has 1 amide bonds. The third-order valence-electron chi connectivity index (χ3n) is 4.17. The zero-order chi connectivity index (χ0) is 14.6. The van der Waals surface area contributed by atoms with Crippen molar-refractivity contribution in [2.45, 2.75) is 25.7 Å². The minimum atomic E-state index is -0.142. The Bertz CT molecular complexity index is 482. The smallest absolute Gasteiger partial charge is 0.253 e. The summed E-state index contributed by atoms with van der Waals surface area (Å²) in [5.74, 6) is -0.142. The number of benzene rings is 1. The number of carbonyl (C=O) groups excluding carboxylic acids is 1. The lowest BCUT2D eigenvalue weighted by Gasteiger charge is -2.27. The second kappa shape index (κ2) is 6.13. The molecule has 2 rings (SSSR count). The van der Waals surface area contributed by atoms with Crippen molar-refractivity contribution < 1.29 is 9.90 Å². The van der Waals surface area contributed by atoms with E-state index in [4.69, 9.17) is 5.73 Å². The van der Waals surface area contributed by atoms with E-state index in [1.165, 1.54) is 0 Å². The van der Waals surface area contributed by atoms with Gasteiger partial charge < -0.3 is 21.5 Å². The molecule has 1 saturated carbocycles. The molecule has 1 aliphatic carbocycles. The van der Waals surface area contributed by atoms with Gasteiger partial charge in [-0.25, -0.2) is 0 Å². The summed E-state index contributed by atoms with van der Waals surface area (Å²) < 4.78 is 0. The molecule has 0 heterocycles. The minimum Gasteiger partial charge on any atom is -0.399 e. The summed E-state index contributed by atoms with van der Waals surface area (Å²) in [7, 11) is 1.61. The predicted octanol–water partition coefficient (Wildman–Crippen LogP) is 1.59. The Morgan fingerprint density at radius 3 is 2.70 bits per heavy atom. The molecule has 0 bridgehead atoms. The average Bonchev–Trinajstić information content (AvgIpc) is 2.94. The molecule has 0 unspecified atom stereocenters. The Hall–Kier alpha value is -1.75. The predicted molar refractivity (Wildman–Crippen MR) is 80.7 cm³/mol. The van der Waals surface area contributed by atoms with Crippen LogP contribution >= 0.6 is 0 Å². The summed E-state index contributed by atoms with van der Waals surface area (Å²) in [6.07, 6.45) is 4.35. The van der Waals surface area contributed by atoms with Crippen molar-refractivity contribution in [3.05, 3.63) is 23.8 Å². The van der Waals surface area contributed by atoms with Gasteiger partial charge in [-0.05, 0) is 31.0 Å². The van der Waals surface area contributed by atoms with Gasteiger partial charge in [0.1, 0.15) is 0 Å². The minimum absolute atomic E-state index is 0.0649. The summed E-state index contributed by atoms with van der Waals surface area (Å²) in [6, 6.07) is 5.20. The maximum atomic E-state index is 11.8. The van der Waals surface area contributed by atoms with Gasteiger partial charge in [0.2, 0.25) is 0 Å². The zero-order valence-electron chi connectivity index (χ0n) is 11.9. The normalized spacial score (nSPS) is 16.9. The fourth-order valence-corrected chi connectivity index (χ4v) is 2.84. The second-order valence-corrected chi connectivity index (χ2v) is 5.60. The molecule has 1 aromatic carbocycles. The third kappa shape index (κ3) is 3.04. The highest BCUT2D eigenvalue weighted by molar-refractivity contribution is 6.00. The monoisotopic (exact) mass is 277 g/mol. The van der Waals surface area contributed by atoms with E-state index in [0.29, 0.717) is 17.8 Å². The number of anilines is 2. The van der Waals surface area contributed by atoms with Crippen LogP contribution in [-0.4, -0.2) is 31.2 Å². The number of aliphatic hydroxyl groups is 1. The molecule has 5 nitrogen and oxygen atoms in total. The van der Waals surface area contributed by atoms with Crippen LogP contribution in [0.1, 0.15) is 36.0 Å². The van der Waals surface area contributed by atoms with Gasteiger partial charge >= 0.3 is 0 Å². The Kier molecular flexibility index (Phi) is 4.49. The number of aliphatic hydroxyl groups excluding tert-OH is 1. The van der Waals surface area contributed by atoms with Crippen molar-refractivity contribution in [3.63, 3.8) is 0 Å². The number of hydrogen-bond donors (Lipinski definition) is 4. The van der Waals surface area contributed by atoms with Crippen molar-refractivity contribution in [2.75, 3.05) is 31.2 Å². The van der Waals surface area contributed by atoms with Crippen molar-refractivity contribution in [2.24, 2.45) is 5.41 Å². The number of carbonyl (C=O) groups is 1. The van der Waals surface area contributed by atoms with Gasteiger partial charge in [-0.3, -0.25) is 4.79 Å². The quantitative estimate of drug-likeness (QED) is 0.616. The molecule has 110 valence electrons. The van der Waals surface area contributed by atoms with Crippen molar-refractivity contribution in [1.29, 1.82) is 0 Å². The van der Waals surface area contributed by atoms with E-state index in [1.54, 1.807) is 25.2 Å². The summed E-state index contributed by atoms with van der Waals surface area (Å²) in [5, 5.41) is 15.6. The van der Waals surface area contributed by atoms with Crippen molar-refractivity contribution in [1.82, 2.24) is 5.32 Å². The van der Waals surface area contributed by atoms with Crippen LogP contribution in [0.5, 0.6) is 0 Å². The van der Waals surface area contributed by atoms with Crippen LogP contribution in [0.25, 0.3) is 0 Å². The van der Waals surface area contributed by atoms with Crippen LogP contribution in [0.4, 0.5) is 11.4 Å². The number of hydrogen-bond acceptors (Lipinski definition) is 4. The molecule has 20 heavy (non-hydrogen) atoms. The van der Waals surface area contributed by atoms with Gasteiger partial charge in [0.05, 0.1) is 12.2 Å². The topological polar surface area (TPSA) is 87.4 Å². The van der Waals surface area contributed by atoms with E-state index < -0.39 is 0 Å². The molecule has 5 heteroatoms. The molecule has 0 saturated heterocycles. The zero-order valence-corrected chi connectivity index (χ0v) is 11.9. The standard InChI is InChI=1S/C15H23N3O2/c1-17-14(20)12-5-4-11(16)8-13(12)18-9-15(10-19)6-2-3-7-15/h4-5,8,18-19H,2-3,6-7,9-10,16H2,1H3,(H,17,20). The SMILES string of the molecule is CNC(=O)c1ccc(N)cc1NCC1(CO)CCCC1. The first-order chi connectivity index (χ1) is 9.60. The van der Waals surface area contributed by atoms with Crippen LogP contribution < -0.4 is 16.4 Å². The third-order valence-corrected chi connectivity index (χ3v) is 4.17. The fraction of sp³-hybridized carbons (Fsp3) is 0.533. The Morgan fingerprint density at radius 2 is 2.10 bits per heavy atom. The van der Waals surface area contributed by atoms with E-state index in [9.17, 15) is 9.90 Å². The summed E-state index contributed by atoms with van der Waals surface area (Å²) in [6.45, 7) is 0.842. The Morgan fingerprint density at radius 1 is 1.40 bits per heavy atom. The molecular formula is C15H23N3O2. The number of nitrogens with one attached hydrogen (secondary N) is 2. The van der Waals surface area contributed by atoms with Gasteiger partial charge in [-0.2, -0.15) is 0 Å². The maximum absolute atomic E-state index is 11.8. The number of rotatable bonds is 5. The summed E-state index contributed by atoms with van der Waals surface area (Å²) in [4.78, 5) is 11.8. The van der Waals surface area contributed by atoms with Crippen LogP contribution in [0.2, 0.25) is 0 Å². The van der Waals surface area contributed by atoms with E-state index in [-0.39, 0.29) is 17.9 Å². The van der Waals surface area contributed by atoms with Crippen LogP contribution in [0, 0.1) is 5.41 Å². The Labute approximate surface area is 119 Å². The highest BCUT2D eigenvalue weighted by atomic mass is 16.3. The number of nitrogens with two attached hydrogens (primary N) is 1. The average molecular weight is 277 g/mol. The lowest BCUT2D eigenvalue weighted by atomic mass is 9.87. The van der Waals surface area contributed by atoms with Gasteiger partial charge in [-0.1, -0.05) is 12.8 Å². The van der Waals surface area contributed by atoms with Gasteiger partial charge in [0, 0.05) is 30.4 Å². The molecule has 1 fully saturated rings. The fourth-order valence-electron chi connectivity index (χ4n) is 2.84. The first kappa shape index (κ1) is 14.7. The highest BCUT2D eigenvalue weighted by Gasteiger charge is 2.33. The second-order valence-electron chi connectivity index (χ2n) is 5.60. The molecule has 1 aromatic rings. The first-order valence-electron chi connectivity index (χ1n) is 7.06. The molecule has 0 aliphatic heterocycles. The highest BCUT2D eigenvalue weighted by Crippen LogP contribution is 2.38. The van der Waals surface area contributed by atoms with E-state index in [1.807, 2.05) is 0 Å². The van der Waals surface area contributed by atoms with E-state index in [0.717, 1.165) is 31.4 Å². The molecule has 0 radical (unpaired) electrons. The molecular weight excluding hydrogens is 254 g/mol. The largest absolute Gasteiger partial charge is 0.399 e. The maximum Gasteiger partial charge on any atom is 0.253 e. The van der Waals surface area contributed by atoms with E-state index in [2.05, 4.69) is 10.6 Å². The lowest BCUT2D eigenvalue weighted by molar-refractivity contribution is 0.0963. The van der Waals surface area contributed by atoms with Crippen LogP contribution in [-0.2, 0) is 0 Å². The van der Waals surface area contributed by atoms with Crippen molar-refractivity contribution >= 4 is 17.3 Å². The molecule has 5 N–H and O–H groups in total. The van der Waals surface area contributed by atoms with Crippen LogP contribution in [0.3, 0.4) is 0 Å². The van der Waals surface area contributed by atoms with Crippen LogP contribution in [0.15, 0.2) is 18.2 Å². The van der Waals surface area contributed by atoms with Gasteiger partial charge in [0.15, 0.2) is 0 Å². The van der Waals surface area contributed by atoms with Gasteiger partial charge in [-0.15, -0.1) is 0 Å². The molecule has 0 atom stereocenters. The summed E-state index contributed by atoms with van der Waals surface area (Å²) in [5.41, 5.74) is 7.65. The molecule has 1 aliphatic rings. The molecule has 0 spiro atoms. The first-order valence-corrected chi connectivity index (χ1v) is 7.06. The summed E-state index contributed by atoms with van der Waals surface area (Å²) >= 11 is 0. The number of nitrogen functional groups attached to an aromatic ring is 1. The Balaban J connectivity index is 2.15. The molecule has 0 aromatic heterocycles. The number of amides is 1. The van der Waals surface area contributed by atoms with E-state index >= 15 is 0 Å². The van der Waals surface area contributed by atoms with Crippen molar-refractivity contribution in [3.8, 4) is 0 Å². The lowest BCUT2D eigenvalue weighted by Crippen LogP contribution is -2.31.